The van der Waals surface area contributed by atoms with E-state index in [0.29, 0.717) is 18.7 Å². The molecule has 0 bridgehead atoms. The van der Waals surface area contributed by atoms with Crippen molar-refractivity contribution in [2.24, 2.45) is 0 Å². The summed E-state index contributed by atoms with van der Waals surface area (Å²) in [5, 5.41) is 28.5. The van der Waals surface area contributed by atoms with Gasteiger partial charge in [0.25, 0.3) is 0 Å². The van der Waals surface area contributed by atoms with E-state index in [1.807, 2.05) is 0 Å². The number of halogens is 2. The summed E-state index contributed by atoms with van der Waals surface area (Å²) in [4.78, 5) is 12.7. The quantitative estimate of drug-likeness (QED) is 0.768. The Morgan fingerprint density at radius 1 is 1.36 bits per heavy atom. The highest BCUT2D eigenvalue weighted by atomic mass is 19.1. The number of aliphatic hydroxyl groups excluding tert-OH is 1. The number of rotatable bonds is 4. The molecule has 0 radical (unpaired) electrons. The van der Waals surface area contributed by atoms with Crippen LogP contribution in [0.25, 0.3) is 6.08 Å². The molecule has 0 aliphatic carbocycles. The number of likely N-dealkylation sites (tertiary alicyclic amines) is 1. The molecule has 1 fully saturated rings. The van der Waals surface area contributed by atoms with Gasteiger partial charge in [-0.1, -0.05) is 12.2 Å². The van der Waals surface area contributed by atoms with Gasteiger partial charge < -0.3 is 15.3 Å². The molecule has 1 aliphatic rings. The number of piperidine rings is 1. The molecule has 1 saturated heterocycles. The summed E-state index contributed by atoms with van der Waals surface area (Å²) in [6, 6.07) is 3.16. The van der Waals surface area contributed by atoms with E-state index in [1.165, 1.54) is 18.2 Å². The smallest absolute Gasteiger partial charge is 0.338 e. The van der Waals surface area contributed by atoms with Gasteiger partial charge in [-0.2, -0.15) is 0 Å². The van der Waals surface area contributed by atoms with Crippen molar-refractivity contribution >= 4 is 12.0 Å². The fourth-order valence-corrected chi connectivity index (χ4v) is 2.41. The minimum Gasteiger partial charge on any atom is -0.479 e. The second kappa shape index (κ2) is 6.51. The summed E-state index contributed by atoms with van der Waals surface area (Å²) in [6.45, 7) is 0.664. The van der Waals surface area contributed by atoms with Gasteiger partial charge in [-0.25, -0.2) is 13.6 Å². The van der Waals surface area contributed by atoms with Gasteiger partial charge in [0.2, 0.25) is 0 Å². The standard InChI is InChI=1S/C15H17F2NO4/c16-11-6-10(7-12(17)8-11)2-1-4-18-5-3-15(22,14(20)21)13(19)9-18/h1-2,6-8,13,19,22H,3-5,9H2,(H,20,21)/b2-1+/t13-,15+/m1/s1. The van der Waals surface area contributed by atoms with Gasteiger partial charge in [0.1, 0.15) is 17.7 Å². The Kier molecular flexibility index (Phi) is 4.90. The largest absolute Gasteiger partial charge is 0.479 e. The Morgan fingerprint density at radius 3 is 2.55 bits per heavy atom. The predicted octanol–water partition coefficient (Wildman–Crippen LogP) is 0.860. The van der Waals surface area contributed by atoms with Crippen molar-refractivity contribution in [3.63, 3.8) is 0 Å². The number of nitrogens with zero attached hydrogens (tertiary/aromatic N) is 1. The van der Waals surface area contributed by atoms with Crippen LogP contribution in [0, 0.1) is 11.6 Å². The van der Waals surface area contributed by atoms with E-state index < -0.39 is 29.3 Å². The molecule has 2 atom stereocenters. The van der Waals surface area contributed by atoms with Gasteiger partial charge in [0.05, 0.1) is 0 Å². The lowest BCUT2D eigenvalue weighted by Crippen LogP contribution is -2.59. The van der Waals surface area contributed by atoms with Gasteiger partial charge in [0, 0.05) is 32.1 Å². The molecule has 2 rings (SSSR count). The first-order valence-electron chi connectivity index (χ1n) is 6.80. The molecule has 120 valence electrons. The number of β-amino-alcohol motifs (C(OH)–C–C–N with tert-alkyl or cyclic N) is 1. The zero-order valence-electron chi connectivity index (χ0n) is 11.7. The van der Waals surface area contributed by atoms with Crippen LogP contribution in [0.5, 0.6) is 0 Å². The van der Waals surface area contributed by atoms with Crippen molar-refractivity contribution < 1.29 is 28.9 Å². The van der Waals surface area contributed by atoms with E-state index in [4.69, 9.17) is 5.11 Å². The van der Waals surface area contributed by atoms with Crippen LogP contribution in [-0.4, -0.2) is 57.5 Å². The van der Waals surface area contributed by atoms with Crippen molar-refractivity contribution in [3.8, 4) is 0 Å². The van der Waals surface area contributed by atoms with Crippen LogP contribution in [0.2, 0.25) is 0 Å². The lowest BCUT2D eigenvalue weighted by molar-refractivity contribution is -0.180. The van der Waals surface area contributed by atoms with Crippen LogP contribution in [0.3, 0.4) is 0 Å². The number of carboxylic acid groups (broad SMARTS) is 1. The zero-order chi connectivity index (χ0) is 16.3. The summed E-state index contributed by atoms with van der Waals surface area (Å²) < 4.78 is 26.0. The lowest BCUT2D eigenvalue weighted by Gasteiger charge is -2.38. The van der Waals surface area contributed by atoms with Crippen LogP contribution in [-0.2, 0) is 4.79 Å². The van der Waals surface area contributed by atoms with E-state index in [-0.39, 0.29) is 13.0 Å². The second-order valence-corrected chi connectivity index (χ2v) is 5.36. The Hall–Kier alpha value is -1.83. The number of carbonyl (C=O) groups is 1. The number of hydrogen-bond acceptors (Lipinski definition) is 4. The minimum atomic E-state index is -2.12. The lowest BCUT2D eigenvalue weighted by atomic mass is 9.89. The average Bonchev–Trinajstić information content (AvgIpc) is 2.41. The molecule has 22 heavy (non-hydrogen) atoms. The second-order valence-electron chi connectivity index (χ2n) is 5.36. The maximum Gasteiger partial charge on any atom is 0.338 e. The minimum absolute atomic E-state index is 0.00461. The van der Waals surface area contributed by atoms with Crippen molar-refractivity contribution in [1.82, 2.24) is 4.90 Å². The SMILES string of the molecule is O=C(O)[C@]1(O)CCN(C/C=C/c2cc(F)cc(F)c2)C[C@H]1O. The monoisotopic (exact) mass is 313 g/mol. The molecule has 0 unspecified atom stereocenters. The molecule has 5 nitrogen and oxygen atoms in total. The van der Waals surface area contributed by atoms with E-state index in [0.717, 1.165) is 6.07 Å². The van der Waals surface area contributed by atoms with E-state index in [2.05, 4.69) is 0 Å². The van der Waals surface area contributed by atoms with Crippen LogP contribution >= 0.6 is 0 Å². The van der Waals surface area contributed by atoms with E-state index >= 15 is 0 Å². The maximum absolute atomic E-state index is 13.0. The third-order valence-electron chi connectivity index (χ3n) is 3.72. The normalized spacial score (nSPS) is 26.5. The Bertz CT molecular complexity index is 573. The summed E-state index contributed by atoms with van der Waals surface area (Å²) in [6.07, 6.45) is 1.72. The molecule has 3 N–H and O–H groups in total. The maximum atomic E-state index is 13.0. The highest BCUT2D eigenvalue weighted by molar-refractivity contribution is 5.78. The fourth-order valence-electron chi connectivity index (χ4n) is 2.41. The van der Waals surface area contributed by atoms with Crippen molar-refractivity contribution in [1.29, 1.82) is 0 Å². The summed E-state index contributed by atoms with van der Waals surface area (Å²) >= 11 is 0. The summed E-state index contributed by atoms with van der Waals surface area (Å²) in [5.41, 5.74) is -1.75. The van der Waals surface area contributed by atoms with Crippen LogP contribution in [0.1, 0.15) is 12.0 Å². The molecule has 0 spiro atoms. The first-order chi connectivity index (χ1) is 10.3. The van der Waals surface area contributed by atoms with Gasteiger partial charge in [-0.3, -0.25) is 4.90 Å². The number of benzene rings is 1. The van der Waals surface area contributed by atoms with Crippen molar-refractivity contribution in [2.75, 3.05) is 19.6 Å². The first kappa shape index (κ1) is 16.5. The molecule has 1 aliphatic heterocycles. The Balaban J connectivity index is 1.93. The van der Waals surface area contributed by atoms with Gasteiger partial charge >= 0.3 is 5.97 Å². The molecular weight excluding hydrogens is 296 g/mol. The molecule has 0 amide bonds. The van der Waals surface area contributed by atoms with Crippen molar-refractivity contribution in [3.05, 3.63) is 41.5 Å². The van der Waals surface area contributed by atoms with Crippen LogP contribution in [0.15, 0.2) is 24.3 Å². The molecule has 1 heterocycles. The highest BCUT2D eigenvalue weighted by Gasteiger charge is 2.46. The van der Waals surface area contributed by atoms with E-state index in [1.54, 1.807) is 11.0 Å². The average molecular weight is 313 g/mol. The summed E-state index contributed by atoms with van der Waals surface area (Å²) in [7, 11) is 0. The van der Waals surface area contributed by atoms with Crippen LogP contribution < -0.4 is 0 Å². The molecule has 0 saturated carbocycles. The number of hydrogen-bond donors (Lipinski definition) is 3. The molecule has 7 heteroatoms. The topological polar surface area (TPSA) is 81.0 Å². The third kappa shape index (κ3) is 3.68. The number of aliphatic hydroxyl groups is 2. The first-order valence-corrected chi connectivity index (χ1v) is 6.80. The summed E-state index contributed by atoms with van der Waals surface area (Å²) in [5.74, 6) is -2.77. The third-order valence-corrected chi connectivity index (χ3v) is 3.72. The number of carboxylic acids is 1. The molecular formula is C15H17F2NO4. The number of aliphatic carboxylic acids is 1. The van der Waals surface area contributed by atoms with Gasteiger partial charge in [-0.15, -0.1) is 0 Å². The Morgan fingerprint density at radius 2 is 2.00 bits per heavy atom. The van der Waals surface area contributed by atoms with Gasteiger partial charge in [-0.05, 0) is 17.7 Å². The fraction of sp³-hybridized carbons (Fsp3) is 0.400. The van der Waals surface area contributed by atoms with Crippen LogP contribution in [0.4, 0.5) is 8.78 Å². The van der Waals surface area contributed by atoms with Crippen molar-refractivity contribution in [2.45, 2.75) is 18.1 Å². The molecule has 1 aromatic carbocycles. The highest BCUT2D eigenvalue weighted by Crippen LogP contribution is 2.23. The predicted molar refractivity (Wildman–Crippen MR) is 75.0 cm³/mol. The zero-order valence-corrected chi connectivity index (χ0v) is 11.7. The van der Waals surface area contributed by atoms with Gasteiger partial charge in [0.15, 0.2) is 5.60 Å². The Labute approximate surface area is 126 Å². The van der Waals surface area contributed by atoms with E-state index in [9.17, 15) is 23.8 Å². The molecule has 1 aromatic rings. The molecule has 0 aromatic heterocycles.